The molecule has 0 fully saturated rings. The van der Waals surface area contributed by atoms with Crippen molar-refractivity contribution in [2.45, 2.75) is 33.2 Å². The number of pyridine rings is 1. The predicted octanol–water partition coefficient (Wildman–Crippen LogP) is 4.50. The van der Waals surface area contributed by atoms with Crippen molar-refractivity contribution in [2.24, 2.45) is 5.73 Å². The lowest BCUT2D eigenvalue weighted by atomic mass is 10.00. The number of aromatic amines is 1. The predicted molar refractivity (Wildman–Crippen MR) is 117 cm³/mol. The number of fused-ring (bicyclic) bond motifs is 1. The van der Waals surface area contributed by atoms with E-state index in [4.69, 9.17) is 10.5 Å². The summed E-state index contributed by atoms with van der Waals surface area (Å²) < 4.78 is 5.96. The van der Waals surface area contributed by atoms with Crippen LogP contribution in [0.3, 0.4) is 0 Å². The molecule has 3 N–H and O–H groups in total. The van der Waals surface area contributed by atoms with Gasteiger partial charge in [0.1, 0.15) is 12.4 Å². The van der Waals surface area contributed by atoms with Crippen molar-refractivity contribution in [3.8, 4) is 16.9 Å². The number of rotatable bonds is 6. The first-order chi connectivity index (χ1) is 14.0. The first-order valence-corrected chi connectivity index (χ1v) is 9.84. The number of nitrogens with two attached hydrogens (primary N) is 1. The van der Waals surface area contributed by atoms with Gasteiger partial charge in [0.15, 0.2) is 0 Å². The summed E-state index contributed by atoms with van der Waals surface area (Å²) in [5.41, 5.74) is 14.2. The van der Waals surface area contributed by atoms with E-state index in [0.717, 1.165) is 39.9 Å². The molecular weight excluding hydrogens is 360 g/mol. The highest BCUT2D eigenvalue weighted by Crippen LogP contribution is 2.27. The molecule has 0 unspecified atom stereocenters. The monoisotopic (exact) mass is 386 g/mol. The Bertz CT molecular complexity index is 1150. The molecule has 4 aromatic rings. The smallest absolute Gasteiger partial charge is 0.138 e. The van der Waals surface area contributed by atoms with Gasteiger partial charge in [0.05, 0.1) is 11.7 Å². The molecule has 2 aromatic carbocycles. The summed E-state index contributed by atoms with van der Waals surface area (Å²) in [6.07, 6.45) is 4.36. The van der Waals surface area contributed by atoms with Crippen LogP contribution in [0.15, 0.2) is 54.9 Å². The minimum absolute atomic E-state index is 0.0787. The van der Waals surface area contributed by atoms with Gasteiger partial charge in [-0.2, -0.15) is 5.10 Å². The maximum absolute atomic E-state index is 6.32. The fourth-order valence-electron chi connectivity index (χ4n) is 3.59. The summed E-state index contributed by atoms with van der Waals surface area (Å²) in [7, 11) is 0. The third-order valence-electron chi connectivity index (χ3n) is 5.24. The Kier molecular flexibility index (Phi) is 5.32. The van der Waals surface area contributed by atoms with Crippen LogP contribution in [0, 0.1) is 20.8 Å². The minimum Gasteiger partial charge on any atom is -0.490 e. The van der Waals surface area contributed by atoms with Crippen LogP contribution in [-0.2, 0) is 6.42 Å². The summed E-state index contributed by atoms with van der Waals surface area (Å²) >= 11 is 0. The van der Waals surface area contributed by atoms with Crippen molar-refractivity contribution in [3.05, 3.63) is 77.2 Å². The van der Waals surface area contributed by atoms with Crippen LogP contribution in [0.1, 0.15) is 22.4 Å². The quantitative estimate of drug-likeness (QED) is 0.511. The highest BCUT2D eigenvalue weighted by atomic mass is 16.5. The molecule has 4 rings (SSSR count). The van der Waals surface area contributed by atoms with Crippen molar-refractivity contribution < 1.29 is 4.74 Å². The lowest BCUT2D eigenvalue weighted by Crippen LogP contribution is -2.30. The zero-order valence-corrected chi connectivity index (χ0v) is 17.1. The van der Waals surface area contributed by atoms with E-state index in [0.29, 0.717) is 6.61 Å². The van der Waals surface area contributed by atoms with Gasteiger partial charge in [0.25, 0.3) is 0 Å². The summed E-state index contributed by atoms with van der Waals surface area (Å²) in [4.78, 5) is 4.35. The van der Waals surface area contributed by atoms with E-state index in [2.05, 4.69) is 59.4 Å². The van der Waals surface area contributed by atoms with E-state index < -0.39 is 0 Å². The second kappa shape index (κ2) is 8.05. The largest absolute Gasteiger partial charge is 0.490 e. The molecule has 0 amide bonds. The molecule has 5 heteroatoms. The van der Waals surface area contributed by atoms with Crippen LogP contribution in [0.2, 0.25) is 0 Å². The number of aryl methyl sites for hydroxylation is 3. The Balaban J connectivity index is 1.45. The van der Waals surface area contributed by atoms with Crippen molar-refractivity contribution in [1.82, 2.24) is 15.2 Å². The highest BCUT2D eigenvalue weighted by molar-refractivity contribution is 5.86. The molecule has 0 spiro atoms. The maximum atomic E-state index is 6.32. The Morgan fingerprint density at radius 3 is 2.69 bits per heavy atom. The molecule has 0 bridgehead atoms. The average molecular weight is 386 g/mol. The summed E-state index contributed by atoms with van der Waals surface area (Å²) in [5.74, 6) is 0.725. The van der Waals surface area contributed by atoms with E-state index in [1.165, 1.54) is 16.7 Å². The highest BCUT2D eigenvalue weighted by Gasteiger charge is 2.10. The third kappa shape index (κ3) is 4.30. The Morgan fingerprint density at radius 2 is 1.86 bits per heavy atom. The first-order valence-electron chi connectivity index (χ1n) is 9.84. The van der Waals surface area contributed by atoms with E-state index in [-0.39, 0.29) is 6.04 Å². The van der Waals surface area contributed by atoms with Crippen LogP contribution in [0.4, 0.5) is 0 Å². The summed E-state index contributed by atoms with van der Waals surface area (Å²) in [5, 5.41) is 8.42. The molecule has 0 aliphatic rings. The summed E-state index contributed by atoms with van der Waals surface area (Å²) in [6.45, 7) is 6.69. The zero-order chi connectivity index (χ0) is 20.4. The lowest BCUT2D eigenvalue weighted by molar-refractivity contribution is 0.286. The number of ether oxygens (including phenoxy) is 1. The van der Waals surface area contributed by atoms with Crippen LogP contribution in [0.5, 0.6) is 5.75 Å². The molecule has 2 heterocycles. The van der Waals surface area contributed by atoms with Gasteiger partial charge in [-0.3, -0.25) is 10.1 Å². The second-order valence-corrected chi connectivity index (χ2v) is 7.70. The summed E-state index contributed by atoms with van der Waals surface area (Å²) in [6, 6.07) is 14.6. The van der Waals surface area contributed by atoms with Crippen molar-refractivity contribution in [1.29, 1.82) is 0 Å². The number of nitrogens with zero attached hydrogens (tertiary/aromatic N) is 2. The van der Waals surface area contributed by atoms with Gasteiger partial charge >= 0.3 is 0 Å². The normalized spacial score (nSPS) is 12.3. The molecule has 2 aromatic heterocycles. The van der Waals surface area contributed by atoms with Gasteiger partial charge in [0, 0.05) is 28.9 Å². The Labute approximate surface area is 170 Å². The van der Waals surface area contributed by atoms with Crippen LogP contribution >= 0.6 is 0 Å². The van der Waals surface area contributed by atoms with Gasteiger partial charge < -0.3 is 10.5 Å². The standard InChI is InChI=1S/C24H26N4O/c1-15-4-5-18(16(2)8-15)9-21(25)14-29-22-10-20(12-26-13-22)19-6-7-24-23(11-19)17(3)27-28-24/h4-8,10-13,21H,9,14,25H2,1-3H3,(H,27,28)/t21-/m0/s1. The Hall–Kier alpha value is -3.18. The topological polar surface area (TPSA) is 76.8 Å². The van der Waals surface area contributed by atoms with Crippen molar-refractivity contribution >= 4 is 10.9 Å². The Morgan fingerprint density at radius 1 is 1.00 bits per heavy atom. The van der Waals surface area contributed by atoms with E-state index >= 15 is 0 Å². The zero-order valence-electron chi connectivity index (χ0n) is 17.1. The first kappa shape index (κ1) is 19.2. The van der Waals surface area contributed by atoms with Crippen molar-refractivity contribution in [2.75, 3.05) is 6.61 Å². The number of hydrogen-bond donors (Lipinski definition) is 2. The molecular formula is C24H26N4O. The third-order valence-corrected chi connectivity index (χ3v) is 5.24. The average Bonchev–Trinajstić information content (AvgIpc) is 3.09. The molecule has 0 saturated carbocycles. The number of benzene rings is 2. The molecule has 1 atom stereocenters. The molecule has 0 radical (unpaired) electrons. The molecule has 0 aliphatic heterocycles. The van der Waals surface area contributed by atoms with Gasteiger partial charge in [-0.25, -0.2) is 0 Å². The van der Waals surface area contributed by atoms with Gasteiger partial charge in [-0.1, -0.05) is 29.8 Å². The van der Waals surface area contributed by atoms with E-state index in [1.807, 2.05) is 25.3 Å². The number of hydrogen-bond acceptors (Lipinski definition) is 4. The SMILES string of the molecule is Cc1ccc(C[C@H](N)COc2cncc(-c3ccc4n[nH]c(C)c4c3)c2)c(C)c1. The van der Waals surface area contributed by atoms with Gasteiger partial charge in [-0.15, -0.1) is 0 Å². The number of nitrogens with one attached hydrogen (secondary N) is 1. The maximum Gasteiger partial charge on any atom is 0.138 e. The number of aromatic nitrogens is 3. The van der Waals surface area contributed by atoms with E-state index in [9.17, 15) is 0 Å². The van der Waals surface area contributed by atoms with Crippen molar-refractivity contribution in [3.63, 3.8) is 0 Å². The van der Waals surface area contributed by atoms with Gasteiger partial charge in [-0.05, 0) is 62.1 Å². The molecule has 0 aliphatic carbocycles. The van der Waals surface area contributed by atoms with E-state index in [1.54, 1.807) is 6.20 Å². The van der Waals surface area contributed by atoms with Crippen LogP contribution in [0.25, 0.3) is 22.0 Å². The minimum atomic E-state index is -0.0787. The van der Waals surface area contributed by atoms with Gasteiger partial charge in [0.2, 0.25) is 0 Å². The van der Waals surface area contributed by atoms with Crippen LogP contribution in [-0.4, -0.2) is 27.8 Å². The fourth-order valence-corrected chi connectivity index (χ4v) is 3.59. The second-order valence-electron chi connectivity index (χ2n) is 7.70. The molecule has 0 saturated heterocycles. The fraction of sp³-hybridized carbons (Fsp3) is 0.250. The molecule has 29 heavy (non-hydrogen) atoms. The van der Waals surface area contributed by atoms with Crippen LogP contribution < -0.4 is 10.5 Å². The molecule has 5 nitrogen and oxygen atoms in total. The number of H-pyrrole nitrogens is 1. The molecule has 148 valence electrons. The lowest BCUT2D eigenvalue weighted by Gasteiger charge is -2.15.